The number of nitrogens with zero attached hydrogens (tertiary/aromatic N) is 2. The minimum absolute atomic E-state index is 0.00217. The van der Waals surface area contributed by atoms with Crippen molar-refractivity contribution in [2.75, 3.05) is 6.54 Å². The second-order valence-corrected chi connectivity index (χ2v) is 5.12. The first-order valence-corrected chi connectivity index (χ1v) is 6.78. The van der Waals surface area contributed by atoms with Gasteiger partial charge in [0.25, 0.3) is 5.91 Å². The van der Waals surface area contributed by atoms with E-state index in [2.05, 4.69) is 10.2 Å². The standard InChI is InChI=1S/C15H16FN3O/c16-13-4-1-3-11(7-13)8-14-5-2-6-19(14)15(20)12-9-17-18-10-12/h1,3-4,7,9-10,14H,2,5-6,8H2,(H,17,18)/t14-/m0/s1. The van der Waals surface area contributed by atoms with E-state index in [9.17, 15) is 9.18 Å². The molecular formula is C15H16FN3O. The first-order valence-electron chi connectivity index (χ1n) is 6.78. The van der Waals surface area contributed by atoms with Crippen LogP contribution in [0, 0.1) is 5.82 Å². The molecule has 0 spiro atoms. The molecule has 1 fully saturated rings. The molecule has 2 heterocycles. The fourth-order valence-electron chi connectivity index (χ4n) is 2.78. The van der Waals surface area contributed by atoms with Crippen molar-refractivity contribution in [2.24, 2.45) is 0 Å². The monoisotopic (exact) mass is 273 g/mol. The summed E-state index contributed by atoms with van der Waals surface area (Å²) in [6.07, 6.45) is 5.80. The Hall–Kier alpha value is -2.17. The number of likely N-dealkylation sites (tertiary alicyclic amines) is 1. The normalized spacial score (nSPS) is 18.4. The van der Waals surface area contributed by atoms with Crippen LogP contribution in [0.25, 0.3) is 0 Å². The highest BCUT2D eigenvalue weighted by Crippen LogP contribution is 2.23. The average Bonchev–Trinajstić information content (AvgIpc) is 3.09. The third-order valence-corrected chi connectivity index (χ3v) is 3.74. The van der Waals surface area contributed by atoms with Gasteiger partial charge in [0.15, 0.2) is 0 Å². The van der Waals surface area contributed by atoms with Gasteiger partial charge >= 0.3 is 0 Å². The Bertz CT molecular complexity index is 597. The predicted octanol–water partition coefficient (Wildman–Crippen LogP) is 2.40. The SMILES string of the molecule is O=C(c1cn[nH]c1)N1CCC[C@H]1Cc1cccc(F)c1. The molecule has 0 bridgehead atoms. The van der Waals surface area contributed by atoms with Crippen LogP contribution in [0.2, 0.25) is 0 Å². The summed E-state index contributed by atoms with van der Waals surface area (Å²) >= 11 is 0. The molecule has 20 heavy (non-hydrogen) atoms. The van der Waals surface area contributed by atoms with E-state index in [1.165, 1.54) is 6.07 Å². The van der Waals surface area contributed by atoms with Crippen LogP contribution >= 0.6 is 0 Å². The van der Waals surface area contributed by atoms with Gasteiger partial charge in [0.1, 0.15) is 5.82 Å². The molecule has 1 saturated heterocycles. The molecule has 1 aromatic carbocycles. The molecule has 1 aliphatic rings. The molecule has 1 amide bonds. The fourth-order valence-corrected chi connectivity index (χ4v) is 2.78. The van der Waals surface area contributed by atoms with Crippen molar-refractivity contribution in [3.8, 4) is 0 Å². The molecule has 1 atom stereocenters. The van der Waals surface area contributed by atoms with Crippen molar-refractivity contribution in [1.82, 2.24) is 15.1 Å². The zero-order valence-electron chi connectivity index (χ0n) is 11.1. The second-order valence-electron chi connectivity index (χ2n) is 5.12. The minimum atomic E-state index is -0.229. The maximum Gasteiger partial charge on any atom is 0.257 e. The minimum Gasteiger partial charge on any atom is -0.335 e. The van der Waals surface area contributed by atoms with Crippen molar-refractivity contribution >= 4 is 5.91 Å². The molecule has 104 valence electrons. The third-order valence-electron chi connectivity index (χ3n) is 3.74. The van der Waals surface area contributed by atoms with Crippen molar-refractivity contribution in [3.05, 3.63) is 53.6 Å². The first kappa shape index (κ1) is 12.8. The molecule has 1 aliphatic heterocycles. The van der Waals surface area contributed by atoms with Crippen LogP contribution in [-0.2, 0) is 6.42 Å². The summed E-state index contributed by atoms with van der Waals surface area (Å²) in [4.78, 5) is 14.2. The van der Waals surface area contributed by atoms with E-state index >= 15 is 0 Å². The Morgan fingerprint density at radius 2 is 2.40 bits per heavy atom. The Kier molecular flexibility index (Phi) is 3.50. The van der Waals surface area contributed by atoms with Gasteiger partial charge < -0.3 is 4.90 Å². The Morgan fingerprint density at radius 3 is 3.15 bits per heavy atom. The van der Waals surface area contributed by atoms with Crippen LogP contribution in [-0.4, -0.2) is 33.6 Å². The number of carbonyl (C=O) groups is 1. The summed E-state index contributed by atoms with van der Waals surface area (Å²) in [7, 11) is 0. The van der Waals surface area contributed by atoms with E-state index in [-0.39, 0.29) is 17.8 Å². The van der Waals surface area contributed by atoms with E-state index in [1.54, 1.807) is 24.5 Å². The van der Waals surface area contributed by atoms with Crippen molar-refractivity contribution in [2.45, 2.75) is 25.3 Å². The summed E-state index contributed by atoms with van der Waals surface area (Å²) in [6, 6.07) is 6.73. The predicted molar refractivity (Wildman–Crippen MR) is 72.8 cm³/mol. The van der Waals surface area contributed by atoms with E-state index in [1.807, 2.05) is 11.0 Å². The highest BCUT2D eigenvalue weighted by molar-refractivity contribution is 5.94. The molecule has 1 N–H and O–H groups in total. The lowest BCUT2D eigenvalue weighted by Gasteiger charge is -2.24. The van der Waals surface area contributed by atoms with E-state index in [0.29, 0.717) is 12.0 Å². The van der Waals surface area contributed by atoms with Gasteiger partial charge in [-0.05, 0) is 37.0 Å². The summed E-state index contributed by atoms with van der Waals surface area (Å²) in [5.74, 6) is -0.231. The van der Waals surface area contributed by atoms with Gasteiger partial charge in [-0.15, -0.1) is 0 Å². The van der Waals surface area contributed by atoms with Crippen molar-refractivity contribution in [3.63, 3.8) is 0 Å². The third kappa shape index (κ3) is 2.57. The number of aromatic amines is 1. The van der Waals surface area contributed by atoms with Gasteiger partial charge in [0.05, 0.1) is 11.8 Å². The van der Waals surface area contributed by atoms with Crippen LogP contribution in [0.4, 0.5) is 4.39 Å². The smallest absolute Gasteiger partial charge is 0.257 e. The molecule has 0 unspecified atom stereocenters. The van der Waals surface area contributed by atoms with Gasteiger partial charge in [-0.3, -0.25) is 9.89 Å². The molecular weight excluding hydrogens is 257 g/mol. The van der Waals surface area contributed by atoms with Gasteiger partial charge in [-0.2, -0.15) is 5.10 Å². The number of nitrogens with one attached hydrogen (secondary N) is 1. The number of amides is 1. The van der Waals surface area contributed by atoms with Crippen LogP contribution in [0.3, 0.4) is 0 Å². The van der Waals surface area contributed by atoms with Crippen LogP contribution in [0.1, 0.15) is 28.8 Å². The molecule has 0 radical (unpaired) electrons. The van der Waals surface area contributed by atoms with E-state index in [0.717, 1.165) is 24.9 Å². The van der Waals surface area contributed by atoms with Crippen molar-refractivity contribution in [1.29, 1.82) is 0 Å². The van der Waals surface area contributed by atoms with Crippen LogP contribution < -0.4 is 0 Å². The molecule has 4 nitrogen and oxygen atoms in total. The second kappa shape index (κ2) is 5.45. The number of aromatic nitrogens is 2. The van der Waals surface area contributed by atoms with Gasteiger partial charge in [-0.1, -0.05) is 12.1 Å². The van der Waals surface area contributed by atoms with Crippen LogP contribution in [0.5, 0.6) is 0 Å². The van der Waals surface area contributed by atoms with Crippen molar-refractivity contribution < 1.29 is 9.18 Å². The fraction of sp³-hybridized carbons (Fsp3) is 0.333. The summed E-state index contributed by atoms with van der Waals surface area (Å²) in [5, 5.41) is 6.47. The lowest BCUT2D eigenvalue weighted by atomic mass is 10.0. The zero-order chi connectivity index (χ0) is 13.9. The lowest BCUT2D eigenvalue weighted by molar-refractivity contribution is 0.0736. The number of hydrogen-bond acceptors (Lipinski definition) is 2. The lowest BCUT2D eigenvalue weighted by Crippen LogP contribution is -2.36. The quantitative estimate of drug-likeness (QED) is 0.933. The van der Waals surface area contributed by atoms with Gasteiger partial charge in [0, 0.05) is 18.8 Å². The number of carbonyl (C=O) groups excluding carboxylic acids is 1. The molecule has 2 aromatic rings. The Morgan fingerprint density at radius 1 is 1.50 bits per heavy atom. The largest absolute Gasteiger partial charge is 0.335 e. The number of rotatable bonds is 3. The molecule has 0 saturated carbocycles. The zero-order valence-corrected chi connectivity index (χ0v) is 11.1. The highest BCUT2D eigenvalue weighted by Gasteiger charge is 2.29. The Labute approximate surface area is 116 Å². The van der Waals surface area contributed by atoms with Gasteiger partial charge in [0.2, 0.25) is 0 Å². The van der Waals surface area contributed by atoms with E-state index in [4.69, 9.17) is 0 Å². The molecule has 0 aliphatic carbocycles. The van der Waals surface area contributed by atoms with Gasteiger partial charge in [-0.25, -0.2) is 4.39 Å². The highest BCUT2D eigenvalue weighted by atomic mass is 19.1. The topological polar surface area (TPSA) is 49.0 Å². The summed E-state index contributed by atoms with van der Waals surface area (Å²) in [5.41, 5.74) is 1.51. The maximum atomic E-state index is 13.2. The number of benzene rings is 1. The summed E-state index contributed by atoms with van der Waals surface area (Å²) in [6.45, 7) is 0.754. The molecule has 1 aromatic heterocycles. The molecule has 5 heteroatoms. The Balaban J connectivity index is 1.74. The molecule has 3 rings (SSSR count). The summed E-state index contributed by atoms with van der Waals surface area (Å²) < 4.78 is 13.2. The average molecular weight is 273 g/mol. The number of H-pyrrole nitrogens is 1. The number of halogens is 1. The van der Waals surface area contributed by atoms with E-state index < -0.39 is 0 Å². The first-order chi connectivity index (χ1) is 9.74. The number of hydrogen-bond donors (Lipinski definition) is 1. The van der Waals surface area contributed by atoms with Crippen LogP contribution in [0.15, 0.2) is 36.7 Å². The maximum absolute atomic E-state index is 13.2.